The van der Waals surface area contributed by atoms with Gasteiger partial charge in [0.15, 0.2) is 0 Å². The van der Waals surface area contributed by atoms with E-state index in [1.807, 2.05) is 0 Å². The number of rotatable bonds is 2. The lowest BCUT2D eigenvalue weighted by atomic mass is 9.80. The molecule has 0 bridgehead atoms. The molecule has 0 heterocycles. The summed E-state index contributed by atoms with van der Waals surface area (Å²) in [6.07, 6.45) is 6.04. The zero-order valence-corrected chi connectivity index (χ0v) is 12.0. The van der Waals surface area contributed by atoms with Crippen LogP contribution in [0.2, 0.25) is 0 Å². The fraction of sp³-hybridized carbons (Fsp3) is 0.625. The summed E-state index contributed by atoms with van der Waals surface area (Å²) >= 11 is 6.52. The first-order valence-corrected chi connectivity index (χ1v) is 7.25. The maximum absolute atomic E-state index is 6.52. The van der Waals surface area contributed by atoms with Gasteiger partial charge in [0.2, 0.25) is 0 Å². The first kappa shape index (κ1) is 13.0. The van der Waals surface area contributed by atoms with E-state index in [2.05, 4.69) is 39.0 Å². The lowest BCUT2D eigenvalue weighted by molar-refractivity contribution is 0.505. The van der Waals surface area contributed by atoms with Crippen molar-refractivity contribution in [1.82, 2.24) is 0 Å². The molecule has 0 amide bonds. The second-order valence-electron chi connectivity index (χ2n) is 5.86. The first-order chi connectivity index (χ1) is 8.04. The van der Waals surface area contributed by atoms with E-state index in [0.29, 0.717) is 0 Å². The van der Waals surface area contributed by atoms with Crippen LogP contribution in [0.1, 0.15) is 68.5 Å². The summed E-state index contributed by atoms with van der Waals surface area (Å²) < 4.78 is 0. The summed E-state index contributed by atoms with van der Waals surface area (Å²) in [5, 5.41) is 0.222. The van der Waals surface area contributed by atoms with Crippen molar-refractivity contribution in [1.29, 1.82) is 0 Å². The number of aryl methyl sites for hydroxylation is 1. The molecule has 0 spiro atoms. The van der Waals surface area contributed by atoms with E-state index in [0.717, 1.165) is 6.42 Å². The number of hydrogen-bond donors (Lipinski definition) is 0. The van der Waals surface area contributed by atoms with Crippen molar-refractivity contribution in [2.24, 2.45) is 0 Å². The van der Waals surface area contributed by atoms with Gasteiger partial charge in [-0.15, -0.1) is 11.6 Å². The Morgan fingerprint density at radius 1 is 1.29 bits per heavy atom. The molecule has 1 aromatic carbocycles. The van der Waals surface area contributed by atoms with Gasteiger partial charge in [-0.3, -0.25) is 0 Å². The summed E-state index contributed by atoms with van der Waals surface area (Å²) in [6, 6.07) is 6.97. The van der Waals surface area contributed by atoms with Gasteiger partial charge in [-0.05, 0) is 47.8 Å². The Hall–Kier alpha value is -0.490. The maximum Gasteiger partial charge on any atom is 0.0588 e. The molecule has 1 heteroatoms. The van der Waals surface area contributed by atoms with Crippen molar-refractivity contribution in [3.63, 3.8) is 0 Å². The summed E-state index contributed by atoms with van der Waals surface area (Å²) in [6.45, 7) is 6.88. The van der Waals surface area contributed by atoms with Crippen LogP contribution < -0.4 is 0 Å². The van der Waals surface area contributed by atoms with Crippen molar-refractivity contribution in [3.05, 3.63) is 34.9 Å². The summed E-state index contributed by atoms with van der Waals surface area (Å²) in [7, 11) is 0. The van der Waals surface area contributed by atoms with E-state index in [4.69, 9.17) is 11.6 Å². The second kappa shape index (κ2) is 5.02. The number of fused-ring (bicyclic) bond motifs is 1. The van der Waals surface area contributed by atoms with Crippen LogP contribution in [0.3, 0.4) is 0 Å². The van der Waals surface area contributed by atoms with Gasteiger partial charge in [-0.25, -0.2) is 0 Å². The summed E-state index contributed by atoms with van der Waals surface area (Å²) in [5.74, 6) is 0. The van der Waals surface area contributed by atoms with Gasteiger partial charge < -0.3 is 0 Å². The molecule has 0 aromatic heterocycles. The highest BCUT2D eigenvalue weighted by atomic mass is 35.5. The molecule has 0 saturated carbocycles. The molecule has 0 fully saturated rings. The minimum atomic E-state index is 0.222. The number of hydrogen-bond acceptors (Lipinski definition) is 0. The third-order valence-electron chi connectivity index (χ3n) is 4.30. The number of benzene rings is 1. The maximum atomic E-state index is 6.52. The lowest BCUT2D eigenvalue weighted by Gasteiger charge is -2.25. The Balaban J connectivity index is 2.41. The smallest absolute Gasteiger partial charge is 0.0588 e. The largest absolute Gasteiger partial charge is 0.118 e. The average Bonchev–Trinajstić information content (AvgIpc) is 2.51. The van der Waals surface area contributed by atoms with Crippen molar-refractivity contribution < 1.29 is 0 Å². The van der Waals surface area contributed by atoms with Gasteiger partial charge in [0.05, 0.1) is 5.38 Å². The molecule has 1 aliphatic rings. The van der Waals surface area contributed by atoms with E-state index >= 15 is 0 Å². The lowest BCUT2D eigenvalue weighted by Crippen LogP contribution is -2.16. The molecular formula is C16H23Cl. The average molecular weight is 251 g/mol. The predicted octanol–water partition coefficient (Wildman–Crippen LogP) is 5.38. The van der Waals surface area contributed by atoms with Crippen molar-refractivity contribution in [2.75, 3.05) is 0 Å². The van der Waals surface area contributed by atoms with Crippen LogP contribution in [-0.2, 0) is 11.8 Å². The molecule has 0 N–H and O–H groups in total. The molecule has 1 atom stereocenters. The Labute approximate surface area is 110 Å². The zero-order chi connectivity index (χ0) is 12.5. The second-order valence-corrected chi connectivity index (χ2v) is 6.39. The first-order valence-electron chi connectivity index (χ1n) is 6.82. The van der Waals surface area contributed by atoms with E-state index in [9.17, 15) is 0 Å². The van der Waals surface area contributed by atoms with Crippen molar-refractivity contribution in [2.45, 2.75) is 63.7 Å². The van der Waals surface area contributed by atoms with Gasteiger partial charge in [-0.2, -0.15) is 0 Å². The molecule has 1 aliphatic carbocycles. The molecule has 0 aliphatic heterocycles. The molecule has 0 nitrogen and oxygen atoms in total. The zero-order valence-electron chi connectivity index (χ0n) is 11.2. The Bertz CT molecular complexity index is 393. The molecular weight excluding hydrogens is 228 g/mol. The van der Waals surface area contributed by atoms with E-state index in [1.165, 1.54) is 42.4 Å². The number of halogens is 1. The van der Waals surface area contributed by atoms with E-state index < -0.39 is 0 Å². The summed E-state index contributed by atoms with van der Waals surface area (Å²) in [5.41, 5.74) is 4.56. The normalized spacial score (nSPS) is 20.8. The van der Waals surface area contributed by atoms with Crippen LogP contribution in [0, 0.1) is 0 Å². The van der Waals surface area contributed by atoms with Gasteiger partial charge in [-0.1, -0.05) is 45.4 Å². The van der Waals surface area contributed by atoms with Crippen molar-refractivity contribution >= 4 is 11.6 Å². The molecule has 0 saturated heterocycles. The quantitative estimate of drug-likeness (QED) is 0.488. The van der Waals surface area contributed by atoms with Crippen LogP contribution >= 0.6 is 11.6 Å². The van der Waals surface area contributed by atoms with Gasteiger partial charge >= 0.3 is 0 Å². The molecule has 94 valence electrons. The Morgan fingerprint density at radius 3 is 2.76 bits per heavy atom. The van der Waals surface area contributed by atoms with E-state index in [1.54, 1.807) is 0 Å². The van der Waals surface area contributed by atoms with E-state index in [-0.39, 0.29) is 10.8 Å². The molecule has 17 heavy (non-hydrogen) atoms. The van der Waals surface area contributed by atoms with Gasteiger partial charge in [0, 0.05) is 0 Å². The third-order valence-corrected chi connectivity index (χ3v) is 4.76. The Kier molecular flexibility index (Phi) is 3.82. The van der Waals surface area contributed by atoms with Gasteiger partial charge in [0.25, 0.3) is 0 Å². The van der Waals surface area contributed by atoms with Crippen LogP contribution in [0.5, 0.6) is 0 Å². The van der Waals surface area contributed by atoms with Crippen LogP contribution in [0.4, 0.5) is 0 Å². The monoisotopic (exact) mass is 250 g/mol. The molecule has 2 rings (SSSR count). The predicted molar refractivity (Wildman–Crippen MR) is 75.9 cm³/mol. The summed E-state index contributed by atoms with van der Waals surface area (Å²) in [4.78, 5) is 0. The fourth-order valence-electron chi connectivity index (χ4n) is 2.53. The fourth-order valence-corrected chi connectivity index (χ4v) is 2.89. The van der Waals surface area contributed by atoms with Crippen LogP contribution in [0.15, 0.2) is 18.2 Å². The molecule has 1 unspecified atom stereocenters. The third kappa shape index (κ3) is 2.68. The highest BCUT2D eigenvalue weighted by molar-refractivity contribution is 6.20. The SMILES string of the molecule is CCC(C)(C)c1ccc2c(c1)C(Cl)CCCC2. The highest BCUT2D eigenvalue weighted by Gasteiger charge is 2.22. The highest BCUT2D eigenvalue weighted by Crippen LogP contribution is 2.37. The van der Waals surface area contributed by atoms with Gasteiger partial charge in [0.1, 0.15) is 0 Å². The van der Waals surface area contributed by atoms with Crippen LogP contribution in [0.25, 0.3) is 0 Å². The molecule has 0 radical (unpaired) electrons. The van der Waals surface area contributed by atoms with Crippen molar-refractivity contribution in [3.8, 4) is 0 Å². The molecule has 1 aromatic rings. The Morgan fingerprint density at radius 2 is 2.06 bits per heavy atom. The standard InChI is InChI=1S/C16H23Cl/c1-4-16(2,3)13-10-9-12-7-5-6-8-15(17)14(12)11-13/h9-11,15H,4-8H2,1-3H3. The number of alkyl halides is 1. The minimum Gasteiger partial charge on any atom is -0.118 e. The minimum absolute atomic E-state index is 0.222. The topological polar surface area (TPSA) is 0 Å². The van der Waals surface area contributed by atoms with Crippen LogP contribution in [-0.4, -0.2) is 0 Å².